The van der Waals surface area contributed by atoms with Gasteiger partial charge in [0, 0.05) is 40.6 Å². The van der Waals surface area contributed by atoms with Gasteiger partial charge in [0.25, 0.3) is 0 Å². The highest BCUT2D eigenvalue weighted by Crippen LogP contribution is 2.37. The molecule has 0 spiro atoms. The van der Waals surface area contributed by atoms with Gasteiger partial charge in [-0.15, -0.1) is 0 Å². The van der Waals surface area contributed by atoms with E-state index in [0.717, 1.165) is 22.0 Å². The fraction of sp³-hybridized carbons (Fsp3) is 0.241. The molecule has 3 heteroatoms. The Morgan fingerprint density at radius 3 is 2.59 bits per heavy atom. The molecule has 32 heavy (non-hydrogen) atoms. The number of para-hydroxylation sites is 1. The topological polar surface area (TPSA) is 38.9 Å². The number of aryl methyl sites for hydroxylation is 2. The summed E-state index contributed by atoms with van der Waals surface area (Å²) in [5.41, 5.74) is 4.61. The van der Waals surface area contributed by atoms with Crippen LogP contribution in [-0.4, -0.2) is 9.97 Å². The summed E-state index contributed by atoms with van der Waals surface area (Å²) < 4.78 is 47.7. The van der Waals surface area contributed by atoms with Crippen molar-refractivity contribution in [3.05, 3.63) is 83.7 Å². The molecule has 0 aliphatic carbocycles. The van der Waals surface area contributed by atoms with Crippen LogP contribution in [0.15, 0.2) is 71.3 Å². The fourth-order valence-electron chi connectivity index (χ4n) is 3.98. The van der Waals surface area contributed by atoms with Crippen LogP contribution in [0.5, 0.6) is 0 Å². The Morgan fingerprint density at radius 1 is 0.969 bits per heavy atom. The van der Waals surface area contributed by atoms with Crippen molar-refractivity contribution in [2.24, 2.45) is 5.41 Å². The van der Waals surface area contributed by atoms with Gasteiger partial charge in [-0.3, -0.25) is 4.98 Å². The van der Waals surface area contributed by atoms with Crippen LogP contribution < -0.4 is 0 Å². The van der Waals surface area contributed by atoms with E-state index in [1.165, 1.54) is 0 Å². The predicted octanol–water partition coefficient (Wildman–Crippen LogP) is 7.92. The third kappa shape index (κ3) is 3.80. The first-order chi connectivity index (χ1) is 17.3. The minimum Gasteiger partial charge on any atom is -0.437 e. The second-order valence-electron chi connectivity index (χ2n) is 9.16. The molecule has 0 unspecified atom stereocenters. The summed E-state index contributed by atoms with van der Waals surface area (Å²) in [5, 5.41) is 1.74. The van der Waals surface area contributed by atoms with E-state index in [-0.39, 0.29) is 5.56 Å². The molecule has 0 N–H and O–H groups in total. The van der Waals surface area contributed by atoms with E-state index in [0.29, 0.717) is 33.7 Å². The van der Waals surface area contributed by atoms with Crippen LogP contribution >= 0.6 is 0 Å². The molecule has 5 aromatic rings. The summed E-state index contributed by atoms with van der Waals surface area (Å²) >= 11 is 0. The maximum Gasteiger partial charge on any atom is 0.227 e. The molecule has 3 heterocycles. The van der Waals surface area contributed by atoms with Crippen molar-refractivity contribution in [2.45, 2.75) is 40.9 Å². The zero-order chi connectivity index (χ0) is 26.8. The van der Waals surface area contributed by atoms with Crippen molar-refractivity contribution in [1.82, 2.24) is 9.97 Å². The van der Waals surface area contributed by atoms with E-state index in [1.807, 2.05) is 64.1 Å². The minimum atomic E-state index is -2.34. The van der Waals surface area contributed by atoms with Crippen LogP contribution in [0.1, 0.15) is 44.4 Å². The molecule has 3 nitrogen and oxygen atoms in total. The van der Waals surface area contributed by atoms with E-state index < -0.39 is 18.6 Å². The van der Waals surface area contributed by atoms with Gasteiger partial charge in [-0.05, 0) is 66.5 Å². The first-order valence-electron chi connectivity index (χ1n) is 13.2. The molecule has 0 fully saturated rings. The molecule has 0 aliphatic rings. The van der Waals surface area contributed by atoms with Gasteiger partial charge in [-0.25, -0.2) is 4.98 Å². The Labute approximate surface area is 196 Å². The number of rotatable bonds is 3. The Morgan fingerprint density at radius 2 is 1.84 bits per heavy atom. The minimum absolute atomic E-state index is 0.217. The summed E-state index contributed by atoms with van der Waals surface area (Å²) in [6.07, 6.45) is 0.00400. The highest BCUT2D eigenvalue weighted by atomic mass is 16.3. The maximum atomic E-state index is 8.52. The van der Waals surface area contributed by atoms with Crippen LogP contribution in [-0.2, 0) is 6.37 Å². The van der Waals surface area contributed by atoms with Crippen LogP contribution in [0.25, 0.3) is 44.5 Å². The van der Waals surface area contributed by atoms with Crippen molar-refractivity contribution in [3.63, 3.8) is 0 Å². The highest BCUT2D eigenvalue weighted by molar-refractivity contribution is 6.08. The molecule has 0 saturated carbocycles. The third-order valence-electron chi connectivity index (χ3n) is 5.39. The van der Waals surface area contributed by atoms with Gasteiger partial charge in [0.2, 0.25) is 5.71 Å². The van der Waals surface area contributed by atoms with Crippen molar-refractivity contribution in [3.8, 4) is 22.4 Å². The average Bonchev–Trinajstić information content (AvgIpc) is 3.20. The number of hydrogen-bond acceptors (Lipinski definition) is 3. The number of pyridine rings is 2. The summed E-state index contributed by atoms with van der Waals surface area (Å²) in [7, 11) is 0. The largest absolute Gasteiger partial charge is 0.437 e. The summed E-state index contributed by atoms with van der Waals surface area (Å²) in [4.78, 5) is 9.06. The Hall–Kier alpha value is -3.46. The number of fused-ring (bicyclic) bond motifs is 3. The fourth-order valence-corrected chi connectivity index (χ4v) is 3.98. The lowest BCUT2D eigenvalue weighted by molar-refractivity contribution is 0.411. The lowest BCUT2D eigenvalue weighted by Gasteiger charge is -2.18. The van der Waals surface area contributed by atoms with Crippen molar-refractivity contribution < 1.29 is 11.3 Å². The zero-order valence-electron chi connectivity index (χ0n) is 23.7. The number of benzene rings is 2. The van der Waals surface area contributed by atoms with Gasteiger partial charge >= 0.3 is 0 Å². The summed E-state index contributed by atoms with van der Waals surface area (Å²) in [5.74, 6) is 0. The second kappa shape index (κ2) is 7.59. The van der Waals surface area contributed by atoms with Crippen LogP contribution in [0.2, 0.25) is 0 Å². The Bertz CT molecular complexity index is 1630. The number of hydrogen-bond donors (Lipinski definition) is 0. The maximum absolute atomic E-state index is 8.52. The molecule has 0 radical (unpaired) electrons. The Kier molecular flexibility index (Phi) is 3.65. The molecule has 0 amide bonds. The molecular formula is C29H28N2O. The summed E-state index contributed by atoms with van der Waals surface area (Å²) in [6, 6.07) is 18.3. The van der Waals surface area contributed by atoms with Crippen LogP contribution in [0, 0.1) is 19.2 Å². The number of furan rings is 1. The molecule has 3 aromatic heterocycles. The van der Waals surface area contributed by atoms with Gasteiger partial charge in [-0.1, -0.05) is 57.2 Å². The van der Waals surface area contributed by atoms with E-state index >= 15 is 0 Å². The van der Waals surface area contributed by atoms with Crippen molar-refractivity contribution >= 4 is 22.1 Å². The van der Waals surface area contributed by atoms with Gasteiger partial charge in [0.05, 0.1) is 5.69 Å². The molecule has 5 rings (SSSR count). The van der Waals surface area contributed by atoms with E-state index in [4.69, 9.17) is 11.3 Å². The monoisotopic (exact) mass is 425 g/mol. The molecule has 0 aliphatic heterocycles. The predicted molar refractivity (Wildman–Crippen MR) is 133 cm³/mol. The molecular weight excluding hydrogens is 392 g/mol. The normalized spacial score (nSPS) is 15.2. The van der Waals surface area contributed by atoms with E-state index in [1.54, 1.807) is 30.5 Å². The van der Waals surface area contributed by atoms with Gasteiger partial charge in [0.15, 0.2) is 0 Å². The first-order valence-corrected chi connectivity index (χ1v) is 10.7. The van der Waals surface area contributed by atoms with Gasteiger partial charge < -0.3 is 4.42 Å². The quantitative estimate of drug-likeness (QED) is 0.295. The van der Waals surface area contributed by atoms with Crippen molar-refractivity contribution in [1.29, 1.82) is 0 Å². The van der Waals surface area contributed by atoms with E-state index in [9.17, 15) is 0 Å². The Balaban J connectivity index is 1.68. The van der Waals surface area contributed by atoms with Crippen LogP contribution in [0.3, 0.4) is 0 Å². The molecule has 0 atom stereocenters. The molecule has 0 bridgehead atoms. The van der Waals surface area contributed by atoms with Gasteiger partial charge in [-0.2, -0.15) is 0 Å². The van der Waals surface area contributed by atoms with Crippen LogP contribution in [0.4, 0.5) is 0 Å². The highest BCUT2D eigenvalue weighted by Gasteiger charge is 2.16. The average molecular weight is 426 g/mol. The van der Waals surface area contributed by atoms with Gasteiger partial charge in [0.1, 0.15) is 5.58 Å². The zero-order valence-corrected chi connectivity index (χ0v) is 18.7. The summed E-state index contributed by atoms with van der Waals surface area (Å²) in [6.45, 7) is 5.13. The van der Waals surface area contributed by atoms with E-state index in [2.05, 4.69) is 9.97 Å². The number of nitrogens with zero attached hydrogens (tertiary/aromatic N) is 2. The SMILES string of the molecule is [2H]C([2H])([2H])c1ccc(-c2ccc(C([2H])([2H])C(C)(C)C)cn2)cc1-c1cccc2c1oc1nc(C)ccc12. The lowest BCUT2D eigenvalue weighted by Crippen LogP contribution is -2.09. The van der Waals surface area contributed by atoms with Crippen molar-refractivity contribution in [2.75, 3.05) is 0 Å². The smallest absolute Gasteiger partial charge is 0.227 e. The second-order valence-corrected chi connectivity index (χ2v) is 9.16. The number of aromatic nitrogens is 2. The standard InChI is InChI=1S/C29H28N2O/c1-18-9-12-21(26-14-11-20(17-30-26)16-29(3,4)5)15-25(18)23-8-6-7-22-24-13-10-19(2)31-28(24)32-27(22)23/h6-15,17H,16H2,1-5H3/i1D3,16D2. The first kappa shape index (κ1) is 15.4. The lowest BCUT2D eigenvalue weighted by atomic mass is 9.88. The molecule has 0 saturated heterocycles. The molecule has 2 aromatic carbocycles. The third-order valence-corrected chi connectivity index (χ3v) is 5.39. The molecule has 160 valence electrons.